The molecule has 20 heavy (non-hydrogen) atoms. The molecule has 0 fully saturated rings. The van der Waals surface area contributed by atoms with Crippen LogP contribution in [0.5, 0.6) is 11.5 Å². The number of hydrogen-bond acceptors (Lipinski definition) is 2. The topological polar surface area (TPSA) is 21.3 Å². The molecule has 1 unspecified atom stereocenters. The summed E-state index contributed by atoms with van der Waals surface area (Å²) in [5.41, 5.74) is 1.15. The minimum absolute atomic E-state index is 0.244. The number of ether oxygens (including phenoxy) is 1. The summed E-state index contributed by atoms with van der Waals surface area (Å²) in [6.07, 6.45) is 0. The van der Waals surface area contributed by atoms with E-state index < -0.39 is 0 Å². The lowest BCUT2D eigenvalue weighted by Crippen LogP contribution is -2.18. The van der Waals surface area contributed by atoms with Gasteiger partial charge in [0.25, 0.3) is 0 Å². The molecule has 0 heterocycles. The summed E-state index contributed by atoms with van der Waals surface area (Å²) >= 11 is 5.82. The lowest BCUT2D eigenvalue weighted by Gasteiger charge is -2.18. The molecule has 1 atom stereocenters. The van der Waals surface area contributed by atoms with Crippen LogP contribution in [-0.4, -0.2) is 6.54 Å². The Morgan fingerprint density at radius 3 is 2.65 bits per heavy atom. The van der Waals surface area contributed by atoms with Gasteiger partial charge in [-0.05, 0) is 66.4 Å². The molecule has 1 N–H and O–H groups in total. The van der Waals surface area contributed by atoms with E-state index >= 15 is 0 Å². The zero-order valence-corrected chi connectivity index (χ0v) is 15.2. The molecule has 0 aliphatic rings. The summed E-state index contributed by atoms with van der Waals surface area (Å²) in [5, 5.41) is 3.43. The summed E-state index contributed by atoms with van der Waals surface area (Å²) in [6, 6.07) is 14.4. The van der Waals surface area contributed by atoms with Gasteiger partial charge in [-0.15, -0.1) is 0 Å². The van der Waals surface area contributed by atoms with Crippen LogP contribution < -0.4 is 10.1 Å². The molecule has 2 rings (SSSR count). The van der Waals surface area contributed by atoms with Crippen molar-refractivity contribution in [3.63, 3.8) is 0 Å². The first kappa shape index (κ1) is 15.8. The molecule has 0 radical (unpaired) electrons. The average molecular weight is 446 g/mol. The maximum absolute atomic E-state index is 6.09. The van der Waals surface area contributed by atoms with Crippen molar-refractivity contribution in [1.82, 2.24) is 5.32 Å². The van der Waals surface area contributed by atoms with Crippen LogP contribution in [0.1, 0.15) is 25.5 Å². The van der Waals surface area contributed by atoms with Crippen LogP contribution in [0.15, 0.2) is 46.9 Å². The first-order valence-electron chi connectivity index (χ1n) is 6.57. The van der Waals surface area contributed by atoms with Crippen molar-refractivity contribution in [1.29, 1.82) is 0 Å². The van der Waals surface area contributed by atoms with Crippen LogP contribution in [0.3, 0.4) is 0 Å². The van der Waals surface area contributed by atoms with E-state index in [-0.39, 0.29) is 6.04 Å². The fourth-order valence-corrected chi connectivity index (χ4v) is 2.89. The summed E-state index contributed by atoms with van der Waals surface area (Å²) in [4.78, 5) is 0. The smallest absolute Gasteiger partial charge is 0.140 e. The van der Waals surface area contributed by atoms with E-state index in [4.69, 9.17) is 4.74 Å². The molecule has 2 nitrogen and oxygen atoms in total. The molecule has 0 saturated heterocycles. The van der Waals surface area contributed by atoms with Crippen molar-refractivity contribution in [2.75, 3.05) is 6.54 Å². The molecule has 106 valence electrons. The molecule has 0 aliphatic heterocycles. The summed E-state index contributed by atoms with van der Waals surface area (Å²) < 4.78 is 8.26. The second-order valence-electron chi connectivity index (χ2n) is 4.49. The van der Waals surface area contributed by atoms with Gasteiger partial charge in [0.05, 0.1) is 3.57 Å². The number of benzene rings is 2. The molecule has 0 aliphatic carbocycles. The van der Waals surface area contributed by atoms with Gasteiger partial charge in [0, 0.05) is 16.1 Å². The zero-order chi connectivity index (χ0) is 14.5. The molecule has 0 bridgehead atoms. The maximum atomic E-state index is 6.09. The Labute approximate surface area is 142 Å². The van der Waals surface area contributed by atoms with Crippen molar-refractivity contribution in [3.05, 3.63) is 56.1 Å². The van der Waals surface area contributed by atoms with E-state index in [0.29, 0.717) is 0 Å². The molecule has 4 heteroatoms. The summed E-state index contributed by atoms with van der Waals surface area (Å²) in [7, 11) is 0. The largest absolute Gasteiger partial charge is 0.456 e. The molecule has 0 amide bonds. The van der Waals surface area contributed by atoms with Crippen molar-refractivity contribution >= 4 is 38.5 Å². The standard InChI is InChI=1S/C16H17BrINO/c1-3-19-11(2)13-10-12(17)8-9-15(13)20-16-7-5-4-6-14(16)18/h4-11,19H,3H2,1-2H3. The van der Waals surface area contributed by atoms with Gasteiger partial charge in [-0.2, -0.15) is 0 Å². The second kappa shape index (κ2) is 7.43. The molecule has 0 spiro atoms. The third-order valence-corrected chi connectivity index (χ3v) is 4.39. The van der Waals surface area contributed by atoms with Gasteiger partial charge in [-0.25, -0.2) is 0 Å². The van der Waals surface area contributed by atoms with E-state index in [1.165, 1.54) is 0 Å². The van der Waals surface area contributed by atoms with Gasteiger partial charge < -0.3 is 10.1 Å². The zero-order valence-electron chi connectivity index (χ0n) is 11.5. The Morgan fingerprint density at radius 2 is 1.95 bits per heavy atom. The minimum atomic E-state index is 0.244. The summed E-state index contributed by atoms with van der Waals surface area (Å²) in [6.45, 7) is 5.18. The molecular weight excluding hydrogens is 429 g/mol. The van der Waals surface area contributed by atoms with Crippen molar-refractivity contribution in [3.8, 4) is 11.5 Å². The molecule has 2 aromatic rings. The third-order valence-electron chi connectivity index (χ3n) is 3.01. The molecule has 0 saturated carbocycles. The Morgan fingerprint density at radius 1 is 1.20 bits per heavy atom. The van der Waals surface area contributed by atoms with E-state index in [1.54, 1.807) is 0 Å². The van der Waals surface area contributed by atoms with E-state index in [9.17, 15) is 0 Å². The average Bonchev–Trinajstić information content (AvgIpc) is 2.43. The Hall–Kier alpha value is -0.590. The highest BCUT2D eigenvalue weighted by Crippen LogP contribution is 2.33. The van der Waals surface area contributed by atoms with Crippen LogP contribution in [0.2, 0.25) is 0 Å². The number of para-hydroxylation sites is 1. The quantitative estimate of drug-likeness (QED) is 0.612. The lowest BCUT2D eigenvalue weighted by molar-refractivity contribution is 0.460. The number of nitrogens with one attached hydrogen (secondary N) is 1. The normalized spacial score (nSPS) is 12.2. The monoisotopic (exact) mass is 445 g/mol. The lowest BCUT2D eigenvalue weighted by atomic mass is 10.1. The van der Waals surface area contributed by atoms with Crippen LogP contribution in [0.4, 0.5) is 0 Å². The van der Waals surface area contributed by atoms with Gasteiger partial charge in [-0.1, -0.05) is 35.0 Å². The fraction of sp³-hybridized carbons (Fsp3) is 0.250. The van der Waals surface area contributed by atoms with Crippen molar-refractivity contribution < 1.29 is 4.74 Å². The Balaban J connectivity index is 2.34. The van der Waals surface area contributed by atoms with Crippen LogP contribution in [0.25, 0.3) is 0 Å². The molecular formula is C16H17BrINO. The van der Waals surface area contributed by atoms with E-state index in [0.717, 1.165) is 31.7 Å². The number of hydrogen-bond donors (Lipinski definition) is 1. The second-order valence-corrected chi connectivity index (χ2v) is 6.57. The maximum Gasteiger partial charge on any atom is 0.140 e. The highest BCUT2D eigenvalue weighted by atomic mass is 127. The van der Waals surface area contributed by atoms with Gasteiger partial charge in [0.2, 0.25) is 0 Å². The van der Waals surface area contributed by atoms with Crippen molar-refractivity contribution in [2.45, 2.75) is 19.9 Å². The Bertz CT molecular complexity index is 588. The number of rotatable bonds is 5. The van der Waals surface area contributed by atoms with E-state index in [2.05, 4.69) is 63.8 Å². The first-order valence-corrected chi connectivity index (χ1v) is 8.44. The van der Waals surface area contributed by atoms with Crippen LogP contribution in [-0.2, 0) is 0 Å². The van der Waals surface area contributed by atoms with Crippen LogP contribution >= 0.6 is 38.5 Å². The predicted molar refractivity (Wildman–Crippen MR) is 95.5 cm³/mol. The van der Waals surface area contributed by atoms with E-state index in [1.807, 2.05) is 36.4 Å². The molecule has 2 aromatic carbocycles. The summed E-state index contributed by atoms with van der Waals surface area (Å²) in [5.74, 6) is 1.78. The SMILES string of the molecule is CCNC(C)c1cc(Br)ccc1Oc1ccccc1I. The fourth-order valence-electron chi connectivity index (χ4n) is 2.01. The first-order chi connectivity index (χ1) is 9.61. The third kappa shape index (κ3) is 3.96. The Kier molecular flexibility index (Phi) is 5.86. The van der Waals surface area contributed by atoms with Gasteiger partial charge in [0.1, 0.15) is 11.5 Å². The van der Waals surface area contributed by atoms with Gasteiger partial charge >= 0.3 is 0 Å². The van der Waals surface area contributed by atoms with Crippen LogP contribution in [0, 0.1) is 3.57 Å². The highest BCUT2D eigenvalue weighted by molar-refractivity contribution is 14.1. The van der Waals surface area contributed by atoms with Gasteiger partial charge in [0.15, 0.2) is 0 Å². The van der Waals surface area contributed by atoms with Crippen molar-refractivity contribution in [2.24, 2.45) is 0 Å². The van der Waals surface area contributed by atoms with Gasteiger partial charge in [-0.3, -0.25) is 0 Å². The minimum Gasteiger partial charge on any atom is -0.456 e. The highest BCUT2D eigenvalue weighted by Gasteiger charge is 2.13. The molecule has 0 aromatic heterocycles. The predicted octanol–water partition coefficient (Wildman–Crippen LogP) is 5.52. The number of halogens is 2.